The Morgan fingerprint density at radius 2 is 2.44 bits per heavy atom. The zero-order chi connectivity index (χ0) is 7.28. The minimum atomic E-state index is -0.200. The zero-order valence-corrected chi connectivity index (χ0v) is 7.27. The molecule has 3 N–H and O–H groups in total. The largest absolute Gasteiger partial charge is 0.390 e. The number of halogens is 1. The summed E-state index contributed by atoms with van der Waals surface area (Å²) in [6, 6.07) is 0. The van der Waals surface area contributed by atoms with Crippen LogP contribution < -0.4 is 5.32 Å². The Labute approximate surface area is 67.8 Å². The van der Waals surface area contributed by atoms with Gasteiger partial charge in [0.1, 0.15) is 0 Å². The van der Waals surface area contributed by atoms with Crippen molar-refractivity contribution in [1.82, 2.24) is 5.32 Å². The summed E-state index contributed by atoms with van der Waals surface area (Å²) in [5, 5.41) is 18.2. The molecule has 0 aromatic rings. The second kappa shape index (κ2) is 4.75. The number of rotatable bonds is 3. The fourth-order valence-corrected chi connectivity index (χ4v) is 0.647. The minimum absolute atomic E-state index is 0.200. The maximum absolute atomic E-state index is 8.38. The molecule has 0 saturated heterocycles. The molecule has 0 unspecified atom stereocenters. The normalized spacial score (nSPS) is 11.2. The lowest BCUT2D eigenvalue weighted by molar-refractivity contribution is 0.357. The van der Waals surface area contributed by atoms with Crippen molar-refractivity contribution in [2.24, 2.45) is 0 Å². The van der Waals surface area contributed by atoms with Crippen molar-refractivity contribution in [3.05, 3.63) is 9.78 Å². The van der Waals surface area contributed by atoms with Gasteiger partial charge < -0.3 is 15.8 Å². The number of aliphatic hydroxyl groups is 1. The van der Waals surface area contributed by atoms with Crippen molar-refractivity contribution in [2.75, 3.05) is 13.7 Å². The molecule has 0 saturated carbocycles. The van der Waals surface area contributed by atoms with E-state index >= 15 is 0 Å². The molecule has 0 aliphatic heterocycles. The highest BCUT2D eigenvalue weighted by atomic mass is 127. The molecule has 0 rings (SSSR count). The average Bonchev–Trinajstić information content (AvgIpc) is 1.87. The van der Waals surface area contributed by atoms with Crippen molar-refractivity contribution in [3.63, 3.8) is 0 Å². The van der Waals surface area contributed by atoms with Crippen LogP contribution in [-0.2, 0) is 0 Å². The lowest BCUT2D eigenvalue weighted by Crippen LogP contribution is -2.04. The maximum atomic E-state index is 8.38. The summed E-state index contributed by atoms with van der Waals surface area (Å²) in [5.74, 6) is 0. The molecule has 3 nitrogen and oxygen atoms in total. The van der Waals surface area contributed by atoms with Crippen LogP contribution in [0.2, 0.25) is 0 Å². The van der Waals surface area contributed by atoms with Crippen molar-refractivity contribution in [2.45, 2.75) is 0 Å². The molecule has 0 aromatic heterocycles. The van der Waals surface area contributed by atoms with Gasteiger partial charge in [-0.1, -0.05) is 0 Å². The van der Waals surface area contributed by atoms with Gasteiger partial charge >= 0.3 is 0 Å². The lowest BCUT2D eigenvalue weighted by Gasteiger charge is -1.94. The third-order valence-electron chi connectivity index (χ3n) is 0.710. The predicted molar refractivity (Wildman–Crippen MR) is 46.0 cm³/mol. The third-order valence-corrected chi connectivity index (χ3v) is 1.56. The highest BCUT2D eigenvalue weighted by Crippen LogP contribution is 1.98. The Bertz CT molecular complexity index is 133. The Hall–Kier alpha value is -0.100. The summed E-state index contributed by atoms with van der Waals surface area (Å²) in [7, 11) is 1.77. The highest BCUT2D eigenvalue weighted by Gasteiger charge is 1.88. The third kappa shape index (κ3) is 4.41. The van der Waals surface area contributed by atoms with Crippen LogP contribution in [0.4, 0.5) is 0 Å². The summed E-state index contributed by atoms with van der Waals surface area (Å²) < 4.78 is 0.853. The quantitative estimate of drug-likeness (QED) is 0.382. The predicted octanol–water partition coefficient (Wildman–Crippen LogP) is 0.494. The van der Waals surface area contributed by atoms with Crippen LogP contribution in [0.5, 0.6) is 0 Å². The fraction of sp³-hybridized carbons (Fsp3) is 0.400. The Kier molecular flexibility index (Phi) is 4.70. The van der Waals surface area contributed by atoms with E-state index in [1.54, 1.807) is 13.1 Å². The van der Waals surface area contributed by atoms with Crippen molar-refractivity contribution < 1.29 is 5.11 Å². The molecule has 0 aliphatic rings. The van der Waals surface area contributed by atoms with Gasteiger partial charge in [0, 0.05) is 7.05 Å². The molecule has 0 heterocycles. The second-order valence-electron chi connectivity index (χ2n) is 1.43. The average molecular weight is 240 g/mol. The summed E-state index contributed by atoms with van der Waals surface area (Å²) >= 11 is 2.04. The Morgan fingerprint density at radius 3 is 2.78 bits per heavy atom. The van der Waals surface area contributed by atoms with Crippen molar-refractivity contribution >= 4 is 28.3 Å². The molecule has 0 aliphatic carbocycles. The van der Waals surface area contributed by atoms with E-state index in [-0.39, 0.29) is 12.3 Å². The van der Waals surface area contributed by atoms with Crippen LogP contribution in [0.3, 0.4) is 0 Å². The standard InChI is InChI=1S/C5H9IN2O/c1-8-5(6)2-4(7)3-9/h2,7-9H,3H2,1H3/b5-2-,7-4?. The topological polar surface area (TPSA) is 56.1 Å². The molecule has 0 amide bonds. The van der Waals surface area contributed by atoms with Gasteiger partial charge in [0.25, 0.3) is 0 Å². The van der Waals surface area contributed by atoms with Crippen LogP contribution in [0.15, 0.2) is 9.78 Å². The smallest absolute Gasteiger partial charge is 0.0846 e. The summed E-state index contributed by atoms with van der Waals surface area (Å²) in [4.78, 5) is 0. The molecule has 52 valence electrons. The van der Waals surface area contributed by atoms with E-state index in [1.807, 2.05) is 22.6 Å². The monoisotopic (exact) mass is 240 g/mol. The summed E-state index contributed by atoms with van der Waals surface area (Å²) in [6.07, 6.45) is 1.57. The number of nitrogens with one attached hydrogen (secondary N) is 2. The molecule has 0 aromatic carbocycles. The molecule has 4 heteroatoms. The van der Waals surface area contributed by atoms with Gasteiger partial charge in [0.15, 0.2) is 0 Å². The van der Waals surface area contributed by atoms with E-state index in [2.05, 4.69) is 5.32 Å². The Balaban J connectivity index is 3.79. The lowest BCUT2D eigenvalue weighted by atomic mass is 10.4. The molecular weight excluding hydrogens is 231 g/mol. The molecule has 9 heavy (non-hydrogen) atoms. The van der Waals surface area contributed by atoms with Gasteiger partial charge in [0.2, 0.25) is 0 Å². The maximum Gasteiger partial charge on any atom is 0.0846 e. The first-order valence-corrected chi connectivity index (χ1v) is 3.51. The minimum Gasteiger partial charge on any atom is -0.390 e. The fourth-order valence-electron chi connectivity index (χ4n) is 0.271. The molecule has 0 fully saturated rings. The van der Waals surface area contributed by atoms with Gasteiger partial charge in [0.05, 0.1) is 16.0 Å². The van der Waals surface area contributed by atoms with Crippen LogP contribution in [0.25, 0.3) is 0 Å². The molecule has 0 spiro atoms. The van der Waals surface area contributed by atoms with E-state index in [0.29, 0.717) is 0 Å². The Morgan fingerprint density at radius 1 is 1.89 bits per heavy atom. The van der Waals surface area contributed by atoms with E-state index in [4.69, 9.17) is 10.5 Å². The zero-order valence-electron chi connectivity index (χ0n) is 5.11. The summed E-state index contributed by atoms with van der Waals surface area (Å²) in [5.41, 5.74) is 0.216. The first kappa shape index (κ1) is 8.90. The van der Waals surface area contributed by atoms with Gasteiger partial charge in [-0.25, -0.2) is 0 Å². The second-order valence-corrected chi connectivity index (χ2v) is 2.59. The van der Waals surface area contributed by atoms with Gasteiger partial charge in [-0.2, -0.15) is 0 Å². The molecular formula is C5H9IN2O. The summed E-state index contributed by atoms with van der Waals surface area (Å²) in [6.45, 7) is -0.200. The number of hydrogen-bond donors (Lipinski definition) is 3. The van der Waals surface area contributed by atoms with Gasteiger partial charge in [-0.3, -0.25) is 0 Å². The van der Waals surface area contributed by atoms with Crippen LogP contribution >= 0.6 is 22.6 Å². The molecule has 0 radical (unpaired) electrons. The van der Waals surface area contributed by atoms with E-state index in [1.165, 1.54) is 0 Å². The van der Waals surface area contributed by atoms with Crippen LogP contribution in [0.1, 0.15) is 0 Å². The first-order valence-electron chi connectivity index (χ1n) is 2.44. The van der Waals surface area contributed by atoms with Crippen molar-refractivity contribution in [1.29, 1.82) is 5.41 Å². The van der Waals surface area contributed by atoms with E-state index < -0.39 is 0 Å². The van der Waals surface area contributed by atoms with Gasteiger partial charge in [-0.05, 0) is 28.7 Å². The van der Waals surface area contributed by atoms with Crippen LogP contribution in [-0.4, -0.2) is 24.5 Å². The van der Waals surface area contributed by atoms with E-state index in [0.717, 1.165) is 3.70 Å². The highest BCUT2D eigenvalue weighted by molar-refractivity contribution is 14.1. The number of aliphatic hydroxyl groups excluding tert-OH is 1. The van der Waals surface area contributed by atoms with Crippen LogP contribution in [0, 0.1) is 5.41 Å². The molecule has 0 bridgehead atoms. The SMILES string of the molecule is CN/C(I)=C\C(=N)CO. The van der Waals surface area contributed by atoms with E-state index in [9.17, 15) is 0 Å². The molecule has 0 atom stereocenters. The number of hydrogen-bond acceptors (Lipinski definition) is 3. The van der Waals surface area contributed by atoms with Gasteiger partial charge in [-0.15, -0.1) is 0 Å². The first-order chi connectivity index (χ1) is 4.20. The van der Waals surface area contributed by atoms with Crippen molar-refractivity contribution in [3.8, 4) is 0 Å².